The predicted octanol–water partition coefficient (Wildman–Crippen LogP) is 6.05. The number of ether oxygens (including phenoxy) is 1. The Morgan fingerprint density at radius 2 is 1.48 bits per heavy atom. The molecule has 0 aliphatic rings. The Labute approximate surface area is 148 Å². The minimum atomic E-state index is -0.0831. The van der Waals surface area contributed by atoms with Crippen molar-refractivity contribution in [3.8, 4) is 0 Å². The van der Waals surface area contributed by atoms with Crippen LogP contribution in [0.4, 0.5) is 0 Å². The molecule has 0 aromatic rings. The van der Waals surface area contributed by atoms with Crippen LogP contribution in [-0.2, 0) is 9.53 Å². The second-order valence-electron chi connectivity index (χ2n) is 5.54. The molecule has 0 amide bonds. The molecule has 0 aliphatic heterocycles. The highest BCUT2D eigenvalue weighted by Gasteiger charge is 2.01. The van der Waals surface area contributed by atoms with Gasteiger partial charge in [-0.25, -0.2) is 0 Å². The molecule has 132 valence electrons. The van der Waals surface area contributed by atoms with Crippen molar-refractivity contribution in [2.45, 2.75) is 71.1 Å². The Bertz CT molecular complexity index is 346. The first-order valence-corrected chi connectivity index (χ1v) is 9.66. The summed E-state index contributed by atoms with van der Waals surface area (Å²) in [5.41, 5.74) is 0. The van der Waals surface area contributed by atoms with Crippen LogP contribution in [0.25, 0.3) is 0 Å². The fraction of sp³-hybridized carbons (Fsp3) is 0.650. The SMILES string of the molecule is CC/C=C/C/C=C/C/C=C/CCCCCCCC(=O)OCCS. The number of carbonyl (C=O) groups excluding carboxylic acids is 1. The van der Waals surface area contributed by atoms with E-state index in [1.165, 1.54) is 19.3 Å². The van der Waals surface area contributed by atoms with E-state index in [-0.39, 0.29) is 5.97 Å². The van der Waals surface area contributed by atoms with Crippen LogP contribution in [0.15, 0.2) is 36.5 Å². The van der Waals surface area contributed by atoms with E-state index in [0.717, 1.165) is 38.5 Å². The van der Waals surface area contributed by atoms with Crippen molar-refractivity contribution in [2.24, 2.45) is 0 Å². The summed E-state index contributed by atoms with van der Waals surface area (Å²) in [7, 11) is 0. The van der Waals surface area contributed by atoms with Crippen molar-refractivity contribution in [1.82, 2.24) is 0 Å². The Kier molecular flexibility index (Phi) is 18.3. The van der Waals surface area contributed by atoms with E-state index in [9.17, 15) is 4.79 Å². The molecular weight excluding hydrogens is 304 g/mol. The van der Waals surface area contributed by atoms with Crippen molar-refractivity contribution in [2.75, 3.05) is 12.4 Å². The van der Waals surface area contributed by atoms with Gasteiger partial charge in [-0.15, -0.1) is 0 Å². The van der Waals surface area contributed by atoms with Crippen LogP contribution < -0.4 is 0 Å². The van der Waals surface area contributed by atoms with Crippen molar-refractivity contribution in [3.63, 3.8) is 0 Å². The Balaban J connectivity index is 3.28. The molecule has 0 bridgehead atoms. The fourth-order valence-electron chi connectivity index (χ4n) is 2.12. The fourth-order valence-corrected chi connectivity index (χ4v) is 2.21. The molecule has 0 spiro atoms. The van der Waals surface area contributed by atoms with Gasteiger partial charge >= 0.3 is 5.97 Å². The molecule has 0 rings (SSSR count). The van der Waals surface area contributed by atoms with E-state index in [1.54, 1.807) is 0 Å². The summed E-state index contributed by atoms with van der Waals surface area (Å²) in [4.78, 5) is 11.3. The van der Waals surface area contributed by atoms with Crippen LogP contribution in [0.2, 0.25) is 0 Å². The summed E-state index contributed by atoms with van der Waals surface area (Å²) in [6.07, 6.45) is 24.0. The smallest absolute Gasteiger partial charge is 0.305 e. The van der Waals surface area contributed by atoms with E-state index in [1.807, 2.05) is 0 Å². The molecule has 23 heavy (non-hydrogen) atoms. The number of esters is 1. The first-order chi connectivity index (χ1) is 11.3. The van der Waals surface area contributed by atoms with Gasteiger partial charge in [-0.1, -0.05) is 62.6 Å². The zero-order valence-electron chi connectivity index (χ0n) is 14.7. The number of carbonyl (C=O) groups is 1. The van der Waals surface area contributed by atoms with Crippen LogP contribution in [0, 0.1) is 0 Å². The Morgan fingerprint density at radius 3 is 2.17 bits per heavy atom. The highest BCUT2D eigenvalue weighted by molar-refractivity contribution is 7.80. The van der Waals surface area contributed by atoms with Crippen LogP contribution in [0.5, 0.6) is 0 Å². The molecule has 0 N–H and O–H groups in total. The summed E-state index contributed by atoms with van der Waals surface area (Å²) in [5.74, 6) is 0.519. The summed E-state index contributed by atoms with van der Waals surface area (Å²) in [5, 5.41) is 0. The molecule has 0 aliphatic carbocycles. The van der Waals surface area contributed by atoms with Crippen LogP contribution in [-0.4, -0.2) is 18.3 Å². The minimum Gasteiger partial charge on any atom is -0.465 e. The van der Waals surface area contributed by atoms with Gasteiger partial charge in [0.2, 0.25) is 0 Å². The summed E-state index contributed by atoms with van der Waals surface area (Å²) in [6.45, 7) is 2.58. The molecule has 0 saturated heterocycles. The number of hydrogen-bond donors (Lipinski definition) is 1. The van der Waals surface area contributed by atoms with Gasteiger partial charge in [-0.2, -0.15) is 12.6 Å². The average molecular weight is 339 g/mol. The molecule has 0 fully saturated rings. The van der Waals surface area contributed by atoms with Crippen molar-refractivity contribution in [1.29, 1.82) is 0 Å². The van der Waals surface area contributed by atoms with Gasteiger partial charge in [0.1, 0.15) is 6.61 Å². The molecule has 0 saturated carbocycles. The second-order valence-corrected chi connectivity index (χ2v) is 5.99. The maximum Gasteiger partial charge on any atom is 0.305 e. The number of unbranched alkanes of at least 4 members (excludes halogenated alkanes) is 5. The largest absolute Gasteiger partial charge is 0.465 e. The van der Waals surface area contributed by atoms with E-state index in [2.05, 4.69) is 56.0 Å². The molecule has 0 aromatic heterocycles. The first kappa shape index (κ1) is 22.0. The highest BCUT2D eigenvalue weighted by Crippen LogP contribution is 2.08. The molecule has 0 aromatic carbocycles. The van der Waals surface area contributed by atoms with E-state index < -0.39 is 0 Å². The molecule has 0 atom stereocenters. The summed E-state index contributed by atoms with van der Waals surface area (Å²) < 4.78 is 4.98. The Hall–Kier alpha value is -0.960. The summed E-state index contributed by atoms with van der Waals surface area (Å²) in [6, 6.07) is 0. The second kappa shape index (κ2) is 19.1. The van der Waals surface area contributed by atoms with Gasteiger partial charge in [-0.3, -0.25) is 4.79 Å². The van der Waals surface area contributed by atoms with Crippen LogP contribution in [0.3, 0.4) is 0 Å². The third-order valence-corrected chi connectivity index (χ3v) is 3.57. The number of hydrogen-bond acceptors (Lipinski definition) is 3. The lowest BCUT2D eigenvalue weighted by Gasteiger charge is -2.02. The van der Waals surface area contributed by atoms with Gasteiger partial charge in [0.25, 0.3) is 0 Å². The monoisotopic (exact) mass is 338 g/mol. The molecule has 3 heteroatoms. The summed E-state index contributed by atoms with van der Waals surface area (Å²) >= 11 is 4.01. The quantitative estimate of drug-likeness (QED) is 0.170. The maximum atomic E-state index is 11.3. The molecule has 0 unspecified atom stereocenters. The van der Waals surface area contributed by atoms with Gasteiger partial charge < -0.3 is 4.74 Å². The lowest BCUT2D eigenvalue weighted by atomic mass is 10.1. The van der Waals surface area contributed by atoms with Crippen molar-refractivity contribution in [3.05, 3.63) is 36.5 Å². The van der Waals surface area contributed by atoms with Gasteiger partial charge in [0.05, 0.1) is 0 Å². The lowest BCUT2D eigenvalue weighted by Crippen LogP contribution is -2.06. The predicted molar refractivity (Wildman–Crippen MR) is 104 cm³/mol. The zero-order chi connectivity index (χ0) is 17.0. The normalized spacial score (nSPS) is 11.9. The zero-order valence-corrected chi connectivity index (χ0v) is 15.6. The minimum absolute atomic E-state index is 0.0831. The number of allylic oxidation sites excluding steroid dienone is 6. The van der Waals surface area contributed by atoms with Crippen LogP contribution in [0.1, 0.15) is 71.1 Å². The third-order valence-electron chi connectivity index (χ3n) is 3.39. The van der Waals surface area contributed by atoms with E-state index >= 15 is 0 Å². The number of thiol groups is 1. The highest BCUT2D eigenvalue weighted by atomic mass is 32.1. The molecule has 0 radical (unpaired) electrons. The maximum absolute atomic E-state index is 11.3. The van der Waals surface area contributed by atoms with Gasteiger partial charge in [-0.05, 0) is 38.5 Å². The van der Waals surface area contributed by atoms with E-state index in [4.69, 9.17) is 4.74 Å². The van der Waals surface area contributed by atoms with Crippen molar-refractivity contribution < 1.29 is 9.53 Å². The molecular formula is C20H34O2S. The third kappa shape index (κ3) is 19.0. The topological polar surface area (TPSA) is 26.3 Å². The van der Waals surface area contributed by atoms with Gasteiger partial charge in [0, 0.05) is 12.2 Å². The average Bonchev–Trinajstić information content (AvgIpc) is 2.56. The molecule has 0 heterocycles. The lowest BCUT2D eigenvalue weighted by molar-refractivity contribution is -0.143. The first-order valence-electron chi connectivity index (χ1n) is 9.02. The number of rotatable bonds is 15. The molecule has 2 nitrogen and oxygen atoms in total. The van der Waals surface area contributed by atoms with Crippen molar-refractivity contribution >= 4 is 18.6 Å². The standard InChI is InChI=1S/C20H34O2S/c1-2-3-4-5-6-7-8-9-10-11-12-13-14-15-16-17-20(21)22-18-19-23/h3-4,6-7,9-10,23H,2,5,8,11-19H2,1H3/b4-3+,7-6+,10-9+. The van der Waals surface area contributed by atoms with Crippen LogP contribution >= 0.6 is 12.6 Å². The van der Waals surface area contributed by atoms with Gasteiger partial charge in [0.15, 0.2) is 0 Å². The van der Waals surface area contributed by atoms with E-state index in [0.29, 0.717) is 18.8 Å². The Morgan fingerprint density at radius 1 is 0.870 bits per heavy atom.